The van der Waals surface area contributed by atoms with E-state index in [0.717, 1.165) is 17.5 Å². The van der Waals surface area contributed by atoms with Gasteiger partial charge in [0, 0.05) is 29.8 Å². The van der Waals surface area contributed by atoms with Crippen molar-refractivity contribution in [2.45, 2.75) is 13.3 Å². The molecule has 0 spiro atoms. The molecule has 0 amide bonds. The quantitative estimate of drug-likeness (QED) is 0.405. The minimum absolute atomic E-state index is 0.0954. The van der Waals surface area contributed by atoms with Crippen LogP contribution in [0.25, 0.3) is 22.3 Å². The van der Waals surface area contributed by atoms with Crippen LogP contribution in [0, 0.1) is 6.92 Å². The number of pyridine rings is 1. The Balaban J connectivity index is 1.44. The number of aromatic nitrogens is 4. The molecular formula is C22H22N6O2. The molecule has 0 fully saturated rings. The number of hydrogen-bond acceptors (Lipinski definition) is 7. The van der Waals surface area contributed by atoms with Crippen molar-refractivity contribution in [3.63, 3.8) is 0 Å². The van der Waals surface area contributed by atoms with Gasteiger partial charge in [0.15, 0.2) is 17.5 Å². The van der Waals surface area contributed by atoms with E-state index in [1.807, 2.05) is 31.3 Å². The summed E-state index contributed by atoms with van der Waals surface area (Å²) in [5.74, 6) is 2.12. The van der Waals surface area contributed by atoms with Gasteiger partial charge in [-0.15, -0.1) is 0 Å². The molecule has 5 rings (SSSR count). The lowest BCUT2D eigenvalue weighted by molar-refractivity contribution is 0.321. The third-order valence-electron chi connectivity index (χ3n) is 5.11. The smallest absolute Gasteiger partial charge is 0.222 e. The Morgan fingerprint density at radius 1 is 1.23 bits per heavy atom. The first kappa shape index (κ1) is 18.2. The van der Waals surface area contributed by atoms with E-state index < -0.39 is 0 Å². The number of benzene rings is 1. The van der Waals surface area contributed by atoms with Gasteiger partial charge in [0.2, 0.25) is 11.6 Å². The Labute approximate surface area is 173 Å². The summed E-state index contributed by atoms with van der Waals surface area (Å²) in [5.41, 5.74) is 3.78. The van der Waals surface area contributed by atoms with Crippen molar-refractivity contribution in [2.24, 2.45) is 0 Å². The normalized spacial score (nSPS) is 12.8. The Morgan fingerprint density at radius 3 is 3.07 bits per heavy atom. The molecule has 8 nitrogen and oxygen atoms in total. The summed E-state index contributed by atoms with van der Waals surface area (Å²) in [6.07, 6.45) is 4.48. The zero-order valence-electron chi connectivity index (χ0n) is 16.6. The first-order chi connectivity index (χ1) is 14.7. The Kier molecular flexibility index (Phi) is 4.59. The van der Waals surface area contributed by atoms with Crippen LogP contribution < -0.4 is 15.4 Å². The lowest BCUT2D eigenvalue weighted by atomic mass is 10.1. The molecule has 0 saturated carbocycles. The van der Waals surface area contributed by atoms with Crippen LogP contribution in [0.15, 0.2) is 42.7 Å². The number of H-pyrrole nitrogens is 1. The first-order valence-electron chi connectivity index (χ1n) is 9.92. The number of aryl methyl sites for hydroxylation is 1. The van der Waals surface area contributed by atoms with Crippen LogP contribution in [0.3, 0.4) is 0 Å². The number of nitrogens with zero attached hydrogens (tertiary/aromatic N) is 3. The minimum atomic E-state index is -0.0954. The van der Waals surface area contributed by atoms with E-state index in [1.54, 1.807) is 6.20 Å². The fourth-order valence-electron chi connectivity index (χ4n) is 3.65. The van der Waals surface area contributed by atoms with Crippen LogP contribution in [0.1, 0.15) is 11.1 Å². The fraction of sp³-hybridized carbons (Fsp3) is 0.227. The van der Waals surface area contributed by atoms with Crippen molar-refractivity contribution in [3.8, 4) is 23.0 Å². The van der Waals surface area contributed by atoms with Gasteiger partial charge in [0.05, 0.1) is 12.1 Å². The predicted molar refractivity (Wildman–Crippen MR) is 116 cm³/mol. The highest BCUT2D eigenvalue weighted by molar-refractivity contribution is 5.83. The maximum absolute atomic E-state index is 10.2. The number of para-hydroxylation sites is 1. The highest BCUT2D eigenvalue weighted by Crippen LogP contribution is 2.36. The molecule has 0 aliphatic carbocycles. The number of anilines is 2. The van der Waals surface area contributed by atoms with E-state index in [2.05, 4.69) is 42.7 Å². The maximum atomic E-state index is 10.2. The van der Waals surface area contributed by atoms with Crippen LogP contribution in [-0.4, -0.2) is 44.7 Å². The van der Waals surface area contributed by atoms with Crippen molar-refractivity contribution in [1.82, 2.24) is 19.9 Å². The van der Waals surface area contributed by atoms with Gasteiger partial charge in [-0.1, -0.05) is 18.2 Å². The molecule has 0 unspecified atom stereocenters. The summed E-state index contributed by atoms with van der Waals surface area (Å²) >= 11 is 0. The van der Waals surface area contributed by atoms with Crippen LogP contribution in [0.4, 0.5) is 11.6 Å². The molecule has 4 aromatic rings. The van der Waals surface area contributed by atoms with Gasteiger partial charge >= 0.3 is 0 Å². The molecule has 1 aliphatic rings. The molecule has 4 N–H and O–H groups in total. The van der Waals surface area contributed by atoms with Crippen molar-refractivity contribution in [3.05, 3.63) is 53.9 Å². The molecular weight excluding hydrogens is 380 g/mol. The van der Waals surface area contributed by atoms with Crippen LogP contribution in [-0.2, 0) is 6.42 Å². The average molecular weight is 402 g/mol. The lowest BCUT2D eigenvalue weighted by Gasteiger charge is -2.21. The monoisotopic (exact) mass is 402 g/mol. The summed E-state index contributed by atoms with van der Waals surface area (Å²) in [6, 6.07) is 10.1. The molecule has 0 atom stereocenters. The van der Waals surface area contributed by atoms with Crippen LogP contribution in [0.2, 0.25) is 0 Å². The highest BCUT2D eigenvalue weighted by Gasteiger charge is 2.21. The Morgan fingerprint density at radius 2 is 2.13 bits per heavy atom. The molecule has 1 aromatic carbocycles. The molecule has 0 radical (unpaired) electrons. The van der Waals surface area contributed by atoms with E-state index in [9.17, 15) is 5.11 Å². The van der Waals surface area contributed by atoms with Crippen molar-refractivity contribution in [2.75, 3.05) is 30.3 Å². The summed E-state index contributed by atoms with van der Waals surface area (Å²) in [5, 5.41) is 18.1. The third-order valence-corrected chi connectivity index (χ3v) is 5.11. The topological polar surface area (TPSA) is 108 Å². The van der Waals surface area contributed by atoms with E-state index in [0.29, 0.717) is 48.5 Å². The lowest BCUT2D eigenvalue weighted by Crippen LogP contribution is -2.21. The van der Waals surface area contributed by atoms with Gasteiger partial charge < -0.3 is 25.5 Å². The number of ether oxygens (including phenoxy) is 1. The molecule has 1 aliphatic heterocycles. The second-order valence-electron chi connectivity index (χ2n) is 7.27. The number of hydrogen-bond donors (Lipinski definition) is 4. The summed E-state index contributed by atoms with van der Waals surface area (Å²) in [4.78, 5) is 16.5. The molecule has 3 aromatic heterocycles. The first-order valence-corrected chi connectivity index (χ1v) is 9.92. The second-order valence-corrected chi connectivity index (χ2v) is 7.27. The Bertz CT molecular complexity index is 1220. The molecule has 0 bridgehead atoms. The van der Waals surface area contributed by atoms with Gasteiger partial charge in [0.1, 0.15) is 6.61 Å². The number of aromatic amines is 1. The SMILES string of the molecule is Cc1cnc(O)c(-c2nc3c(c(NCCc4c[nH]c5ccccc45)n2)OCCN3)c1. The van der Waals surface area contributed by atoms with Crippen molar-refractivity contribution in [1.29, 1.82) is 0 Å². The summed E-state index contributed by atoms with van der Waals surface area (Å²) in [7, 11) is 0. The van der Waals surface area contributed by atoms with Crippen molar-refractivity contribution < 1.29 is 9.84 Å². The Hall–Kier alpha value is -3.81. The molecule has 152 valence electrons. The van der Waals surface area contributed by atoms with E-state index in [-0.39, 0.29) is 5.88 Å². The zero-order valence-corrected chi connectivity index (χ0v) is 16.6. The van der Waals surface area contributed by atoms with Gasteiger partial charge in [-0.25, -0.2) is 15.0 Å². The van der Waals surface area contributed by atoms with Gasteiger partial charge in [0.25, 0.3) is 0 Å². The van der Waals surface area contributed by atoms with Gasteiger partial charge in [-0.05, 0) is 36.6 Å². The second kappa shape index (κ2) is 7.55. The number of aromatic hydroxyl groups is 1. The fourth-order valence-corrected chi connectivity index (χ4v) is 3.65. The van der Waals surface area contributed by atoms with Gasteiger partial charge in [-0.2, -0.15) is 0 Å². The van der Waals surface area contributed by atoms with Crippen molar-refractivity contribution >= 4 is 22.5 Å². The number of nitrogens with one attached hydrogen (secondary N) is 3. The molecule has 0 saturated heterocycles. The van der Waals surface area contributed by atoms with Gasteiger partial charge in [-0.3, -0.25) is 0 Å². The summed E-state index contributed by atoms with van der Waals surface area (Å²) in [6.45, 7) is 3.79. The molecule has 30 heavy (non-hydrogen) atoms. The minimum Gasteiger partial charge on any atom is -0.493 e. The third kappa shape index (κ3) is 3.36. The molecule has 8 heteroatoms. The van der Waals surface area contributed by atoms with E-state index in [1.165, 1.54) is 10.9 Å². The van der Waals surface area contributed by atoms with Crippen LogP contribution >= 0.6 is 0 Å². The largest absolute Gasteiger partial charge is 0.493 e. The predicted octanol–water partition coefficient (Wildman–Crippen LogP) is 3.49. The van der Waals surface area contributed by atoms with E-state index >= 15 is 0 Å². The average Bonchev–Trinajstić information content (AvgIpc) is 3.18. The maximum Gasteiger partial charge on any atom is 0.222 e. The van der Waals surface area contributed by atoms with E-state index in [4.69, 9.17) is 4.74 Å². The number of rotatable bonds is 5. The highest BCUT2D eigenvalue weighted by atomic mass is 16.5. The summed E-state index contributed by atoms with van der Waals surface area (Å²) < 4.78 is 5.82. The zero-order chi connectivity index (χ0) is 20.5. The molecule has 4 heterocycles. The standard InChI is InChI=1S/C22H22N6O2/c1-13-10-16(22(29)26-11-13)19-27-20(18-21(28-19)24-8-9-30-18)23-7-6-14-12-25-17-5-3-2-4-15(14)17/h2-5,10-12,25H,6-9H2,1H3,(H,26,29)(H2,23,24,27,28). The van der Waals surface area contributed by atoms with Crippen LogP contribution in [0.5, 0.6) is 11.6 Å². The number of fused-ring (bicyclic) bond motifs is 2.